The van der Waals surface area contributed by atoms with Crippen LogP contribution >= 0.6 is 22.9 Å². The molecular formula is C22H19ClN2O3S. The van der Waals surface area contributed by atoms with Crippen molar-refractivity contribution < 1.29 is 14.3 Å². The Morgan fingerprint density at radius 1 is 1.21 bits per heavy atom. The Bertz CT molecular complexity index is 1090. The Hall–Kier alpha value is -2.83. The molecule has 3 aromatic rings. The van der Waals surface area contributed by atoms with Crippen molar-refractivity contribution in [3.63, 3.8) is 0 Å². The van der Waals surface area contributed by atoms with Crippen LogP contribution in [-0.4, -0.2) is 18.4 Å². The van der Waals surface area contributed by atoms with E-state index < -0.39 is 5.91 Å². The molecule has 1 aliphatic rings. The van der Waals surface area contributed by atoms with Gasteiger partial charge in [-0.1, -0.05) is 41.9 Å². The summed E-state index contributed by atoms with van der Waals surface area (Å²) < 4.78 is 5.72. The first kappa shape index (κ1) is 19.5. The summed E-state index contributed by atoms with van der Waals surface area (Å²) in [5.74, 6) is -0.418. The van der Waals surface area contributed by atoms with Crippen molar-refractivity contribution in [3.05, 3.63) is 69.6 Å². The number of aryl methyl sites for hydroxylation is 1. The van der Waals surface area contributed by atoms with Gasteiger partial charge in [0.2, 0.25) is 5.91 Å². The van der Waals surface area contributed by atoms with Crippen LogP contribution in [0.3, 0.4) is 0 Å². The highest BCUT2D eigenvalue weighted by Crippen LogP contribution is 2.40. The van der Waals surface area contributed by atoms with E-state index >= 15 is 0 Å². The number of hydrogen-bond donors (Lipinski definition) is 2. The van der Waals surface area contributed by atoms with Gasteiger partial charge in [0.15, 0.2) is 0 Å². The van der Waals surface area contributed by atoms with Gasteiger partial charge in [-0.05, 0) is 42.7 Å². The van der Waals surface area contributed by atoms with Crippen molar-refractivity contribution in [2.75, 3.05) is 11.9 Å². The molecule has 4 rings (SSSR count). The van der Waals surface area contributed by atoms with Gasteiger partial charge in [0, 0.05) is 15.5 Å². The molecule has 0 fully saturated rings. The average molecular weight is 427 g/mol. The first-order valence-corrected chi connectivity index (χ1v) is 10.3. The van der Waals surface area contributed by atoms with E-state index in [1.807, 2.05) is 49.4 Å². The molecule has 2 heterocycles. The highest BCUT2D eigenvalue weighted by atomic mass is 35.5. The summed E-state index contributed by atoms with van der Waals surface area (Å²) in [4.78, 5) is 26.1. The second kappa shape index (κ2) is 7.89. The molecule has 2 amide bonds. The largest absolute Gasteiger partial charge is 0.492 e. The Balaban J connectivity index is 1.61. The number of thiophene rings is 1. The van der Waals surface area contributed by atoms with Gasteiger partial charge in [-0.3, -0.25) is 9.59 Å². The molecule has 0 saturated carbocycles. The van der Waals surface area contributed by atoms with Gasteiger partial charge in [0.05, 0.1) is 11.5 Å². The molecule has 7 heteroatoms. The lowest BCUT2D eigenvalue weighted by molar-refractivity contribution is -0.121. The van der Waals surface area contributed by atoms with Crippen molar-refractivity contribution >= 4 is 39.8 Å². The summed E-state index contributed by atoms with van der Waals surface area (Å²) in [6.45, 7) is 2.18. The smallest absolute Gasteiger partial charge is 0.252 e. The van der Waals surface area contributed by atoms with Crippen LogP contribution in [0.25, 0.3) is 11.1 Å². The third kappa shape index (κ3) is 3.86. The van der Waals surface area contributed by atoms with E-state index in [-0.39, 0.29) is 18.4 Å². The van der Waals surface area contributed by atoms with Crippen molar-refractivity contribution in [3.8, 4) is 16.9 Å². The van der Waals surface area contributed by atoms with Gasteiger partial charge in [-0.15, -0.1) is 11.3 Å². The van der Waals surface area contributed by atoms with Gasteiger partial charge < -0.3 is 15.8 Å². The fourth-order valence-electron chi connectivity index (χ4n) is 3.57. The average Bonchev–Trinajstić information content (AvgIpc) is 3.03. The zero-order valence-electron chi connectivity index (χ0n) is 15.7. The standard InChI is InChI=1S/C22H19ClN2O3S/c1-12-18(13-5-3-2-4-6-13)19(20(24)26)22(29-12)25-21(27)15-9-14-10-16(23)7-8-17(14)28-11-15/h2-8,10,15H,9,11H2,1H3,(H2,24,26)(H,25,27). The number of amides is 2. The Kier molecular flexibility index (Phi) is 5.30. The van der Waals surface area contributed by atoms with E-state index in [2.05, 4.69) is 5.32 Å². The van der Waals surface area contributed by atoms with Crippen molar-refractivity contribution in [1.29, 1.82) is 0 Å². The minimum absolute atomic E-state index is 0.209. The zero-order valence-corrected chi connectivity index (χ0v) is 17.3. The van der Waals surface area contributed by atoms with Crippen molar-refractivity contribution in [1.82, 2.24) is 0 Å². The fraction of sp³-hybridized carbons (Fsp3) is 0.182. The van der Waals surface area contributed by atoms with Gasteiger partial charge in [0.25, 0.3) is 5.91 Å². The normalized spacial score (nSPS) is 15.3. The molecule has 0 bridgehead atoms. The lowest BCUT2D eigenvalue weighted by Gasteiger charge is -2.24. The summed E-state index contributed by atoms with van der Waals surface area (Å²) in [5.41, 5.74) is 8.56. The maximum atomic E-state index is 12.9. The molecular weight excluding hydrogens is 408 g/mol. The third-order valence-corrected chi connectivity index (χ3v) is 6.19. The molecule has 0 spiro atoms. The fourth-order valence-corrected chi connectivity index (χ4v) is 4.84. The number of benzene rings is 2. The van der Waals surface area contributed by atoms with Crippen molar-refractivity contribution in [2.24, 2.45) is 11.7 Å². The number of fused-ring (bicyclic) bond motifs is 1. The summed E-state index contributed by atoms with van der Waals surface area (Å²) in [5, 5.41) is 3.97. The molecule has 2 aromatic carbocycles. The van der Waals surface area contributed by atoms with Crippen LogP contribution in [0, 0.1) is 12.8 Å². The van der Waals surface area contributed by atoms with E-state index in [0.29, 0.717) is 22.0 Å². The monoisotopic (exact) mass is 426 g/mol. The van der Waals surface area contributed by atoms with Crippen LogP contribution in [0.5, 0.6) is 5.75 Å². The SMILES string of the molecule is Cc1sc(NC(=O)C2COc3ccc(Cl)cc3C2)c(C(N)=O)c1-c1ccccc1. The molecule has 1 aromatic heterocycles. The Morgan fingerprint density at radius 2 is 1.97 bits per heavy atom. The lowest BCUT2D eigenvalue weighted by atomic mass is 9.96. The van der Waals surface area contributed by atoms with E-state index in [1.54, 1.807) is 6.07 Å². The number of anilines is 1. The molecule has 148 valence electrons. The van der Waals surface area contributed by atoms with E-state index in [4.69, 9.17) is 22.1 Å². The van der Waals surface area contributed by atoms with Gasteiger partial charge in [-0.25, -0.2) is 0 Å². The number of nitrogens with two attached hydrogens (primary N) is 1. The van der Waals surface area contributed by atoms with E-state index in [1.165, 1.54) is 11.3 Å². The number of primary amides is 1. The maximum absolute atomic E-state index is 12.9. The van der Waals surface area contributed by atoms with Crippen LogP contribution < -0.4 is 15.8 Å². The molecule has 0 radical (unpaired) electrons. The summed E-state index contributed by atoms with van der Waals surface area (Å²) in [6, 6.07) is 14.9. The van der Waals surface area contributed by atoms with E-state index in [0.717, 1.165) is 27.3 Å². The van der Waals surface area contributed by atoms with Crippen LogP contribution in [0.4, 0.5) is 5.00 Å². The van der Waals surface area contributed by atoms with Crippen molar-refractivity contribution in [2.45, 2.75) is 13.3 Å². The van der Waals surface area contributed by atoms with Crippen LogP contribution in [0.1, 0.15) is 20.8 Å². The number of halogens is 1. The Labute approximate surface area is 177 Å². The minimum atomic E-state index is -0.569. The van der Waals surface area contributed by atoms with E-state index in [9.17, 15) is 9.59 Å². The van der Waals surface area contributed by atoms with Gasteiger partial charge >= 0.3 is 0 Å². The summed E-state index contributed by atoms with van der Waals surface area (Å²) in [6.07, 6.45) is 0.517. The molecule has 29 heavy (non-hydrogen) atoms. The Morgan fingerprint density at radius 3 is 2.69 bits per heavy atom. The summed E-state index contributed by atoms with van der Waals surface area (Å²) >= 11 is 7.41. The number of carbonyl (C=O) groups excluding carboxylic acids is 2. The first-order chi connectivity index (χ1) is 13.9. The zero-order chi connectivity index (χ0) is 20.5. The van der Waals surface area contributed by atoms with Crippen LogP contribution in [0.2, 0.25) is 5.02 Å². The molecule has 0 aliphatic carbocycles. The quantitative estimate of drug-likeness (QED) is 0.636. The highest BCUT2D eigenvalue weighted by Gasteiger charge is 2.29. The van der Waals surface area contributed by atoms with Gasteiger partial charge in [-0.2, -0.15) is 0 Å². The topological polar surface area (TPSA) is 81.4 Å². The molecule has 0 saturated heterocycles. The highest BCUT2D eigenvalue weighted by molar-refractivity contribution is 7.17. The predicted octanol–water partition coefficient (Wildman–Crippen LogP) is 4.67. The molecule has 1 atom stereocenters. The number of carbonyl (C=O) groups is 2. The molecule has 1 aliphatic heterocycles. The predicted molar refractivity (Wildman–Crippen MR) is 116 cm³/mol. The molecule has 3 N–H and O–H groups in total. The molecule has 5 nitrogen and oxygen atoms in total. The number of hydrogen-bond acceptors (Lipinski definition) is 4. The number of rotatable bonds is 4. The lowest BCUT2D eigenvalue weighted by Crippen LogP contribution is -2.33. The molecule has 1 unspecified atom stereocenters. The summed E-state index contributed by atoms with van der Waals surface area (Å²) in [7, 11) is 0. The second-order valence-corrected chi connectivity index (χ2v) is 8.58. The number of ether oxygens (including phenoxy) is 1. The first-order valence-electron chi connectivity index (χ1n) is 9.14. The second-order valence-electron chi connectivity index (χ2n) is 6.92. The maximum Gasteiger partial charge on any atom is 0.252 e. The number of nitrogens with one attached hydrogen (secondary N) is 1. The van der Waals surface area contributed by atoms with Crippen LogP contribution in [-0.2, 0) is 11.2 Å². The minimum Gasteiger partial charge on any atom is -0.492 e. The third-order valence-electron chi connectivity index (χ3n) is 4.93. The van der Waals surface area contributed by atoms with Gasteiger partial charge in [0.1, 0.15) is 17.4 Å². The van der Waals surface area contributed by atoms with Crippen LogP contribution in [0.15, 0.2) is 48.5 Å².